The third kappa shape index (κ3) is 3.81. The minimum Gasteiger partial charge on any atom is -0.342 e. The lowest BCUT2D eigenvalue weighted by molar-refractivity contribution is -0.137. The molecule has 2 aliphatic rings. The fourth-order valence-corrected chi connectivity index (χ4v) is 4.32. The number of likely N-dealkylation sites (tertiary alicyclic amines) is 1. The monoisotopic (exact) mass is 323 g/mol. The first-order valence-corrected chi connectivity index (χ1v) is 9.32. The fourth-order valence-electron chi connectivity index (χ4n) is 3.39. The summed E-state index contributed by atoms with van der Waals surface area (Å²) in [5.41, 5.74) is 0. The number of thioether (sulfide) groups is 1. The molecule has 2 saturated heterocycles. The summed E-state index contributed by atoms with van der Waals surface area (Å²) < 4.78 is 1.74. The summed E-state index contributed by atoms with van der Waals surface area (Å²) in [6.07, 6.45) is 5.42. The maximum atomic E-state index is 12.6. The van der Waals surface area contributed by atoms with Crippen LogP contribution in [0.1, 0.15) is 19.8 Å². The van der Waals surface area contributed by atoms with Crippen LogP contribution in [-0.4, -0.2) is 74.2 Å². The molecular weight excluding hydrogens is 298 g/mol. The van der Waals surface area contributed by atoms with Gasteiger partial charge >= 0.3 is 0 Å². The SMILES string of the molecule is CC(Cn1cncn1)C(=O)N1CCC(N2CCSCC2)CC1. The molecule has 3 heterocycles. The molecule has 1 amide bonds. The van der Waals surface area contributed by atoms with Crippen molar-refractivity contribution in [2.45, 2.75) is 32.4 Å². The topological polar surface area (TPSA) is 54.3 Å². The first-order chi connectivity index (χ1) is 10.7. The summed E-state index contributed by atoms with van der Waals surface area (Å²) in [6, 6.07) is 0.676. The molecule has 22 heavy (non-hydrogen) atoms. The highest BCUT2D eigenvalue weighted by atomic mass is 32.2. The Morgan fingerprint density at radius 2 is 2.00 bits per heavy atom. The van der Waals surface area contributed by atoms with Crippen LogP contribution in [0.25, 0.3) is 0 Å². The first kappa shape index (κ1) is 15.8. The van der Waals surface area contributed by atoms with Gasteiger partial charge in [0.05, 0.1) is 12.5 Å². The van der Waals surface area contributed by atoms with Crippen molar-refractivity contribution in [1.29, 1.82) is 0 Å². The van der Waals surface area contributed by atoms with Crippen LogP contribution in [0.4, 0.5) is 0 Å². The van der Waals surface area contributed by atoms with E-state index in [4.69, 9.17) is 0 Å². The van der Waals surface area contributed by atoms with Crippen LogP contribution in [-0.2, 0) is 11.3 Å². The van der Waals surface area contributed by atoms with Crippen molar-refractivity contribution in [3.8, 4) is 0 Å². The number of carbonyl (C=O) groups excluding carboxylic acids is 1. The van der Waals surface area contributed by atoms with Crippen LogP contribution in [0.15, 0.2) is 12.7 Å². The zero-order chi connectivity index (χ0) is 15.4. The summed E-state index contributed by atoms with van der Waals surface area (Å²) in [5.74, 6) is 2.73. The molecule has 7 heteroatoms. The Labute approximate surface area is 136 Å². The average molecular weight is 323 g/mol. The number of nitrogens with zero attached hydrogens (tertiary/aromatic N) is 5. The van der Waals surface area contributed by atoms with Crippen LogP contribution < -0.4 is 0 Å². The van der Waals surface area contributed by atoms with Crippen molar-refractivity contribution < 1.29 is 4.79 Å². The summed E-state index contributed by atoms with van der Waals surface area (Å²) >= 11 is 2.05. The molecule has 1 aromatic rings. The Morgan fingerprint density at radius 3 is 2.64 bits per heavy atom. The number of hydrogen-bond acceptors (Lipinski definition) is 5. The van der Waals surface area contributed by atoms with Crippen molar-refractivity contribution in [3.63, 3.8) is 0 Å². The normalized spacial score (nSPS) is 22.7. The standard InChI is InChI=1S/C15H25N5OS/c1-13(10-20-12-16-11-17-20)15(21)19-4-2-14(3-5-19)18-6-8-22-9-7-18/h11-14H,2-10H2,1H3. The molecule has 0 saturated carbocycles. The molecular formula is C15H25N5OS. The van der Waals surface area contributed by atoms with Crippen molar-refractivity contribution in [2.24, 2.45) is 5.92 Å². The number of carbonyl (C=O) groups is 1. The van der Waals surface area contributed by atoms with Crippen molar-refractivity contribution in [3.05, 3.63) is 12.7 Å². The van der Waals surface area contributed by atoms with Gasteiger partial charge in [0.1, 0.15) is 12.7 Å². The second kappa shape index (κ2) is 7.46. The second-order valence-electron chi connectivity index (χ2n) is 6.22. The van der Waals surface area contributed by atoms with Crippen molar-refractivity contribution in [2.75, 3.05) is 37.7 Å². The maximum Gasteiger partial charge on any atom is 0.227 e. The number of piperidine rings is 1. The summed E-state index contributed by atoms with van der Waals surface area (Å²) in [5, 5.41) is 4.08. The van der Waals surface area contributed by atoms with Gasteiger partial charge in [-0.05, 0) is 12.8 Å². The Morgan fingerprint density at radius 1 is 1.27 bits per heavy atom. The first-order valence-electron chi connectivity index (χ1n) is 8.17. The van der Waals surface area contributed by atoms with Crippen molar-refractivity contribution >= 4 is 17.7 Å². The van der Waals surface area contributed by atoms with Crippen LogP contribution >= 0.6 is 11.8 Å². The Balaban J connectivity index is 1.46. The molecule has 6 nitrogen and oxygen atoms in total. The Kier molecular flexibility index (Phi) is 5.36. The van der Waals surface area contributed by atoms with Crippen LogP contribution in [0.5, 0.6) is 0 Å². The number of amides is 1. The number of rotatable bonds is 4. The van der Waals surface area contributed by atoms with Crippen LogP contribution in [0.2, 0.25) is 0 Å². The zero-order valence-corrected chi connectivity index (χ0v) is 14.0. The third-order valence-corrected chi connectivity index (χ3v) is 5.63. The zero-order valence-electron chi connectivity index (χ0n) is 13.2. The molecule has 1 atom stereocenters. The van der Waals surface area contributed by atoms with E-state index in [1.165, 1.54) is 30.9 Å². The Bertz CT molecular complexity index is 466. The van der Waals surface area contributed by atoms with E-state index in [0.717, 1.165) is 25.9 Å². The van der Waals surface area contributed by atoms with E-state index in [9.17, 15) is 4.79 Å². The van der Waals surface area contributed by atoms with E-state index < -0.39 is 0 Å². The van der Waals surface area contributed by atoms with Crippen LogP contribution in [0, 0.1) is 5.92 Å². The minimum absolute atomic E-state index is 0.0374. The van der Waals surface area contributed by atoms with E-state index in [2.05, 4.69) is 26.7 Å². The summed E-state index contributed by atoms with van der Waals surface area (Å²) in [4.78, 5) is 21.1. The van der Waals surface area contributed by atoms with E-state index >= 15 is 0 Å². The quantitative estimate of drug-likeness (QED) is 0.826. The third-order valence-electron chi connectivity index (χ3n) is 4.69. The summed E-state index contributed by atoms with van der Waals surface area (Å²) in [7, 11) is 0. The predicted molar refractivity (Wildman–Crippen MR) is 87.7 cm³/mol. The highest BCUT2D eigenvalue weighted by Gasteiger charge is 2.29. The van der Waals surface area contributed by atoms with E-state index in [1.807, 2.05) is 11.8 Å². The van der Waals surface area contributed by atoms with Gasteiger partial charge in [-0.2, -0.15) is 16.9 Å². The van der Waals surface area contributed by atoms with Crippen LogP contribution in [0.3, 0.4) is 0 Å². The predicted octanol–water partition coefficient (Wildman–Crippen LogP) is 0.954. The number of aromatic nitrogens is 3. The van der Waals surface area contributed by atoms with Gasteiger partial charge in [-0.1, -0.05) is 6.92 Å². The van der Waals surface area contributed by atoms with E-state index in [1.54, 1.807) is 11.0 Å². The molecule has 0 radical (unpaired) electrons. The molecule has 122 valence electrons. The lowest BCUT2D eigenvalue weighted by Crippen LogP contribution is -2.50. The Hall–Kier alpha value is -1.08. The van der Waals surface area contributed by atoms with Crippen molar-refractivity contribution in [1.82, 2.24) is 24.6 Å². The molecule has 2 fully saturated rings. The molecule has 0 N–H and O–H groups in total. The van der Waals surface area contributed by atoms with Gasteiger partial charge in [-0.3, -0.25) is 14.4 Å². The van der Waals surface area contributed by atoms with Gasteiger partial charge in [0.2, 0.25) is 5.91 Å². The molecule has 0 aliphatic carbocycles. The molecule has 0 aromatic carbocycles. The van der Waals surface area contributed by atoms with E-state index in [0.29, 0.717) is 12.6 Å². The van der Waals surface area contributed by atoms with Gasteiger partial charge in [0.15, 0.2) is 0 Å². The summed E-state index contributed by atoms with van der Waals surface area (Å²) in [6.45, 7) is 6.82. The minimum atomic E-state index is -0.0374. The molecule has 1 aromatic heterocycles. The largest absolute Gasteiger partial charge is 0.342 e. The maximum absolute atomic E-state index is 12.6. The van der Waals surface area contributed by atoms with E-state index in [-0.39, 0.29) is 11.8 Å². The van der Waals surface area contributed by atoms with Gasteiger partial charge < -0.3 is 4.90 Å². The molecule has 0 bridgehead atoms. The lowest BCUT2D eigenvalue weighted by Gasteiger charge is -2.40. The lowest BCUT2D eigenvalue weighted by atomic mass is 10.0. The number of hydrogen-bond donors (Lipinski definition) is 0. The second-order valence-corrected chi connectivity index (χ2v) is 7.45. The molecule has 1 unspecified atom stereocenters. The van der Waals surface area contributed by atoms with Gasteiger partial charge in [0.25, 0.3) is 0 Å². The average Bonchev–Trinajstić information content (AvgIpc) is 3.08. The van der Waals surface area contributed by atoms with Gasteiger partial charge in [0, 0.05) is 43.7 Å². The smallest absolute Gasteiger partial charge is 0.227 e. The van der Waals surface area contributed by atoms with Gasteiger partial charge in [-0.15, -0.1) is 0 Å². The highest BCUT2D eigenvalue weighted by molar-refractivity contribution is 7.99. The fraction of sp³-hybridized carbons (Fsp3) is 0.800. The highest BCUT2D eigenvalue weighted by Crippen LogP contribution is 2.21. The van der Waals surface area contributed by atoms with Gasteiger partial charge in [-0.25, -0.2) is 4.98 Å². The molecule has 0 spiro atoms. The molecule has 3 rings (SSSR count). The molecule has 2 aliphatic heterocycles.